The van der Waals surface area contributed by atoms with Crippen LogP contribution >= 0.6 is 0 Å². The molecular formula is C16H15NO4. The zero-order valence-electron chi connectivity index (χ0n) is 11.8. The lowest BCUT2D eigenvalue weighted by molar-refractivity contribution is -0.111. The van der Waals surface area contributed by atoms with Gasteiger partial charge in [0.05, 0.1) is 18.9 Å². The molecule has 0 radical (unpaired) electrons. The number of carbonyl (C=O) groups excluding carboxylic acids is 2. The number of esters is 1. The van der Waals surface area contributed by atoms with Crippen LogP contribution in [0.3, 0.4) is 0 Å². The minimum Gasteiger partial charge on any atom is -0.465 e. The number of furan rings is 1. The summed E-state index contributed by atoms with van der Waals surface area (Å²) in [6.45, 7) is 1.80. The molecule has 1 aromatic heterocycles. The number of hydrogen-bond donors (Lipinski definition) is 1. The number of benzene rings is 1. The molecule has 1 heterocycles. The molecule has 0 bridgehead atoms. The minimum absolute atomic E-state index is 0.277. The largest absolute Gasteiger partial charge is 0.465 e. The molecule has 0 aliphatic carbocycles. The first-order valence-corrected chi connectivity index (χ1v) is 6.31. The van der Waals surface area contributed by atoms with Crippen LogP contribution in [0.5, 0.6) is 0 Å². The van der Waals surface area contributed by atoms with E-state index in [1.165, 1.54) is 19.4 Å². The van der Waals surface area contributed by atoms with E-state index in [1.54, 1.807) is 43.3 Å². The Balaban J connectivity index is 2.06. The van der Waals surface area contributed by atoms with Gasteiger partial charge in [0.25, 0.3) is 0 Å². The maximum atomic E-state index is 11.8. The molecule has 5 heteroatoms. The molecule has 0 unspecified atom stereocenters. The molecule has 1 N–H and O–H groups in total. The lowest BCUT2D eigenvalue weighted by atomic mass is 10.1. The lowest BCUT2D eigenvalue weighted by Crippen LogP contribution is -2.10. The van der Waals surface area contributed by atoms with Gasteiger partial charge in [0.1, 0.15) is 5.76 Å². The second kappa shape index (κ2) is 6.56. The molecule has 0 aliphatic rings. The lowest BCUT2D eigenvalue weighted by Gasteiger charge is -2.08. The van der Waals surface area contributed by atoms with Gasteiger partial charge < -0.3 is 14.5 Å². The molecule has 0 saturated heterocycles. The van der Waals surface area contributed by atoms with Gasteiger partial charge in [-0.15, -0.1) is 0 Å². The summed E-state index contributed by atoms with van der Waals surface area (Å²) in [5, 5.41) is 2.74. The van der Waals surface area contributed by atoms with Gasteiger partial charge in [0, 0.05) is 11.8 Å². The first-order valence-electron chi connectivity index (χ1n) is 6.31. The van der Waals surface area contributed by atoms with E-state index in [2.05, 4.69) is 10.1 Å². The van der Waals surface area contributed by atoms with Crippen molar-refractivity contribution in [2.75, 3.05) is 12.4 Å². The van der Waals surface area contributed by atoms with Crippen LogP contribution in [0.25, 0.3) is 6.08 Å². The third-order valence-corrected chi connectivity index (χ3v) is 2.85. The van der Waals surface area contributed by atoms with E-state index >= 15 is 0 Å². The molecule has 1 amide bonds. The van der Waals surface area contributed by atoms with Crippen LogP contribution in [-0.4, -0.2) is 19.0 Å². The molecule has 2 aromatic rings. The second-order valence-electron chi connectivity index (χ2n) is 4.36. The third-order valence-electron chi connectivity index (χ3n) is 2.85. The summed E-state index contributed by atoms with van der Waals surface area (Å²) in [4.78, 5) is 23.2. The van der Waals surface area contributed by atoms with E-state index in [0.717, 1.165) is 5.56 Å². The smallest absolute Gasteiger partial charge is 0.337 e. The van der Waals surface area contributed by atoms with Gasteiger partial charge in [-0.1, -0.05) is 0 Å². The molecule has 0 aliphatic heterocycles. The second-order valence-corrected chi connectivity index (χ2v) is 4.36. The van der Waals surface area contributed by atoms with Crippen molar-refractivity contribution in [3.8, 4) is 0 Å². The van der Waals surface area contributed by atoms with E-state index in [-0.39, 0.29) is 5.91 Å². The zero-order chi connectivity index (χ0) is 15.2. The molecule has 21 heavy (non-hydrogen) atoms. The maximum absolute atomic E-state index is 11.8. The van der Waals surface area contributed by atoms with E-state index < -0.39 is 5.97 Å². The Labute approximate surface area is 122 Å². The predicted molar refractivity (Wildman–Crippen MR) is 78.9 cm³/mol. The van der Waals surface area contributed by atoms with Crippen molar-refractivity contribution in [2.24, 2.45) is 0 Å². The number of nitrogens with one attached hydrogen (secondary N) is 1. The van der Waals surface area contributed by atoms with Crippen LogP contribution < -0.4 is 5.32 Å². The normalized spacial score (nSPS) is 10.6. The molecule has 0 saturated carbocycles. The molecule has 108 valence electrons. The summed E-state index contributed by atoms with van der Waals surface area (Å²) in [5.74, 6) is -0.0862. The van der Waals surface area contributed by atoms with E-state index in [9.17, 15) is 9.59 Å². The Bertz CT molecular complexity index is 672. The molecular weight excluding hydrogens is 270 g/mol. The first-order chi connectivity index (χ1) is 10.1. The van der Waals surface area contributed by atoms with Gasteiger partial charge in [-0.2, -0.15) is 0 Å². The number of aryl methyl sites for hydroxylation is 1. The quantitative estimate of drug-likeness (QED) is 0.692. The average Bonchev–Trinajstić information content (AvgIpc) is 2.99. The molecule has 0 fully saturated rings. The number of carbonyl (C=O) groups is 2. The van der Waals surface area contributed by atoms with Crippen molar-refractivity contribution < 1.29 is 18.7 Å². The highest BCUT2D eigenvalue weighted by Crippen LogP contribution is 2.17. The highest BCUT2D eigenvalue weighted by Gasteiger charge is 2.08. The standard InChI is InChI=1S/C16H15NO4/c1-11-10-12(16(19)20-2)5-7-14(11)17-15(18)8-6-13-4-3-9-21-13/h3-10H,1-2H3,(H,17,18)/b8-6+. The van der Waals surface area contributed by atoms with E-state index in [0.29, 0.717) is 17.0 Å². The molecule has 1 aromatic carbocycles. The Morgan fingerprint density at radius 1 is 1.29 bits per heavy atom. The van der Waals surface area contributed by atoms with Crippen molar-refractivity contribution in [1.29, 1.82) is 0 Å². The van der Waals surface area contributed by atoms with Gasteiger partial charge in [0.15, 0.2) is 0 Å². The summed E-state index contributed by atoms with van der Waals surface area (Å²) < 4.78 is 9.74. The number of anilines is 1. The summed E-state index contributed by atoms with van der Waals surface area (Å²) in [6.07, 6.45) is 4.49. The van der Waals surface area contributed by atoms with Crippen molar-refractivity contribution in [1.82, 2.24) is 0 Å². The highest BCUT2D eigenvalue weighted by molar-refractivity contribution is 6.02. The first kappa shape index (κ1) is 14.6. The Hall–Kier alpha value is -2.82. The van der Waals surface area contributed by atoms with Crippen LogP contribution in [0.1, 0.15) is 21.7 Å². The zero-order valence-corrected chi connectivity index (χ0v) is 11.8. The summed E-state index contributed by atoms with van der Waals surface area (Å²) in [5.41, 5.74) is 1.86. The van der Waals surface area contributed by atoms with Crippen LogP contribution in [0.4, 0.5) is 5.69 Å². The van der Waals surface area contributed by atoms with Crippen LogP contribution in [0.2, 0.25) is 0 Å². The van der Waals surface area contributed by atoms with Gasteiger partial charge in [-0.25, -0.2) is 4.79 Å². The fourth-order valence-corrected chi connectivity index (χ4v) is 1.77. The van der Waals surface area contributed by atoms with Crippen LogP contribution in [-0.2, 0) is 9.53 Å². The number of amides is 1. The van der Waals surface area contributed by atoms with Crippen molar-refractivity contribution in [2.45, 2.75) is 6.92 Å². The Kier molecular flexibility index (Phi) is 4.56. The predicted octanol–water partition coefficient (Wildman–Crippen LogP) is 3.03. The summed E-state index contributed by atoms with van der Waals surface area (Å²) in [7, 11) is 1.33. The van der Waals surface area contributed by atoms with Gasteiger partial charge >= 0.3 is 5.97 Å². The van der Waals surface area contributed by atoms with Crippen molar-refractivity contribution in [3.63, 3.8) is 0 Å². The highest BCUT2D eigenvalue weighted by atomic mass is 16.5. The fraction of sp³-hybridized carbons (Fsp3) is 0.125. The minimum atomic E-state index is -0.409. The monoisotopic (exact) mass is 285 g/mol. The van der Waals surface area contributed by atoms with E-state index in [1.807, 2.05) is 0 Å². The molecule has 5 nitrogen and oxygen atoms in total. The summed E-state index contributed by atoms with van der Waals surface area (Å²) in [6, 6.07) is 8.43. The van der Waals surface area contributed by atoms with Crippen molar-refractivity contribution in [3.05, 3.63) is 59.6 Å². The Morgan fingerprint density at radius 2 is 2.10 bits per heavy atom. The van der Waals surface area contributed by atoms with Crippen molar-refractivity contribution >= 4 is 23.6 Å². The van der Waals surface area contributed by atoms with E-state index in [4.69, 9.17) is 4.42 Å². The molecule has 0 spiro atoms. The average molecular weight is 285 g/mol. The number of methoxy groups -OCH3 is 1. The fourth-order valence-electron chi connectivity index (χ4n) is 1.77. The van der Waals surface area contributed by atoms with Gasteiger partial charge in [0.2, 0.25) is 5.91 Å². The molecule has 0 atom stereocenters. The Morgan fingerprint density at radius 3 is 2.71 bits per heavy atom. The van der Waals surface area contributed by atoms with Crippen LogP contribution in [0, 0.1) is 6.92 Å². The third kappa shape index (κ3) is 3.82. The topological polar surface area (TPSA) is 68.5 Å². The van der Waals surface area contributed by atoms with Gasteiger partial charge in [-0.05, 0) is 48.9 Å². The SMILES string of the molecule is COC(=O)c1ccc(NC(=O)/C=C/c2ccco2)c(C)c1. The van der Waals surface area contributed by atoms with Crippen LogP contribution in [0.15, 0.2) is 47.1 Å². The number of ether oxygens (including phenoxy) is 1. The number of hydrogen-bond acceptors (Lipinski definition) is 4. The van der Waals surface area contributed by atoms with Gasteiger partial charge in [-0.3, -0.25) is 4.79 Å². The summed E-state index contributed by atoms with van der Waals surface area (Å²) >= 11 is 0. The maximum Gasteiger partial charge on any atom is 0.337 e. The molecule has 2 rings (SSSR count). The number of rotatable bonds is 4.